The molecule has 0 saturated carbocycles. The number of rotatable bonds is 5. The number of amides is 1. The van der Waals surface area contributed by atoms with E-state index in [4.69, 9.17) is 27.0 Å². The summed E-state index contributed by atoms with van der Waals surface area (Å²) in [6, 6.07) is 3.88. The highest BCUT2D eigenvalue weighted by Gasteiger charge is 2.23. The molecule has 0 radical (unpaired) electrons. The molecule has 112 valence electrons. The zero-order chi connectivity index (χ0) is 15.6. The van der Waals surface area contributed by atoms with Crippen molar-refractivity contribution in [2.45, 2.75) is 24.3 Å². The lowest BCUT2D eigenvalue weighted by Gasteiger charge is -2.25. The van der Waals surface area contributed by atoms with E-state index in [2.05, 4.69) is 5.32 Å². The van der Waals surface area contributed by atoms with Crippen molar-refractivity contribution < 1.29 is 17.9 Å². The van der Waals surface area contributed by atoms with Crippen LogP contribution in [0.15, 0.2) is 23.1 Å². The Morgan fingerprint density at radius 1 is 1.40 bits per heavy atom. The highest BCUT2D eigenvalue weighted by Crippen LogP contribution is 2.25. The molecule has 0 fully saturated rings. The Bertz CT molecular complexity index is 614. The maximum Gasteiger partial charge on any atom is 0.262 e. The molecule has 1 amide bonds. The normalized spacial score (nSPS) is 12.2. The molecule has 1 N–H and O–H groups in total. The summed E-state index contributed by atoms with van der Waals surface area (Å²) in [7, 11) is 2.77. The third-order valence-corrected chi connectivity index (χ3v) is 4.22. The van der Waals surface area contributed by atoms with Crippen LogP contribution in [0.4, 0.5) is 0 Å². The standard InChI is InChI=1S/C12H15Cl2NO4S/c1-12(2,7-19-3)15-11(16)8-4-5-9(13)10(6-8)20(14,17)18/h4-6H,7H2,1-3H3,(H,15,16). The van der Waals surface area contributed by atoms with E-state index in [0.29, 0.717) is 6.61 Å². The van der Waals surface area contributed by atoms with Crippen molar-refractivity contribution in [1.29, 1.82) is 0 Å². The predicted molar refractivity (Wildman–Crippen MR) is 77.9 cm³/mol. The number of benzene rings is 1. The first-order chi connectivity index (χ1) is 9.07. The molecule has 5 nitrogen and oxygen atoms in total. The molecule has 0 aliphatic rings. The zero-order valence-electron chi connectivity index (χ0n) is 11.2. The monoisotopic (exact) mass is 339 g/mol. The second-order valence-corrected chi connectivity index (χ2v) is 7.80. The van der Waals surface area contributed by atoms with Crippen molar-refractivity contribution in [3.8, 4) is 0 Å². The first kappa shape index (κ1) is 17.2. The predicted octanol–water partition coefficient (Wildman–Crippen LogP) is 2.42. The van der Waals surface area contributed by atoms with Gasteiger partial charge in [0.15, 0.2) is 0 Å². The third-order valence-electron chi connectivity index (χ3n) is 2.41. The molecule has 1 aromatic rings. The van der Waals surface area contributed by atoms with Crippen molar-refractivity contribution >= 4 is 37.2 Å². The fourth-order valence-electron chi connectivity index (χ4n) is 1.61. The smallest absolute Gasteiger partial charge is 0.262 e. The topological polar surface area (TPSA) is 72.5 Å². The molecular weight excluding hydrogens is 325 g/mol. The Hall–Kier alpha value is -0.820. The summed E-state index contributed by atoms with van der Waals surface area (Å²) >= 11 is 5.75. The van der Waals surface area contributed by atoms with Crippen molar-refractivity contribution in [1.82, 2.24) is 5.32 Å². The number of carbonyl (C=O) groups excluding carboxylic acids is 1. The highest BCUT2D eigenvalue weighted by atomic mass is 35.7. The van der Waals surface area contributed by atoms with Crippen molar-refractivity contribution in [3.63, 3.8) is 0 Å². The molecule has 0 aromatic heterocycles. The third kappa shape index (κ3) is 4.63. The Morgan fingerprint density at radius 2 is 2.00 bits per heavy atom. The summed E-state index contributed by atoms with van der Waals surface area (Å²) in [6.45, 7) is 3.88. The van der Waals surface area contributed by atoms with Crippen LogP contribution in [0.1, 0.15) is 24.2 Å². The fraction of sp³-hybridized carbons (Fsp3) is 0.417. The van der Waals surface area contributed by atoms with Crippen molar-refractivity contribution in [2.75, 3.05) is 13.7 Å². The van der Waals surface area contributed by atoms with E-state index in [1.807, 2.05) is 0 Å². The highest BCUT2D eigenvalue weighted by molar-refractivity contribution is 8.13. The molecule has 0 aliphatic heterocycles. The maximum absolute atomic E-state index is 12.1. The molecule has 8 heteroatoms. The molecule has 0 heterocycles. The Labute approximate surface area is 127 Å². The van der Waals surface area contributed by atoms with Gasteiger partial charge in [-0.25, -0.2) is 8.42 Å². The summed E-state index contributed by atoms with van der Waals surface area (Å²) in [5, 5.41) is 2.69. The number of halogens is 2. The lowest BCUT2D eigenvalue weighted by molar-refractivity contribution is 0.0820. The van der Waals surface area contributed by atoms with Gasteiger partial charge in [0, 0.05) is 23.4 Å². The van der Waals surface area contributed by atoms with Crippen LogP contribution in [0.2, 0.25) is 5.02 Å². The van der Waals surface area contributed by atoms with Crippen LogP contribution < -0.4 is 5.32 Å². The van der Waals surface area contributed by atoms with Gasteiger partial charge in [0.25, 0.3) is 15.0 Å². The lowest BCUT2D eigenvalue weighted by atomic mass is 10.1. The van der Waals surface area contributed by atoms with Gasteiger partial charge in [-0.1, -0.05) is 11.6 Å². The van der Waals surface area contributed by atoms with Crippen LogP contribution in [0.25, 0.3) is 0 Å². The van der Waals surface area contributed by atoms with E-state index in [1.54, 1.807) is 13.8 Å². The van der Waals surface area contributed by atoms with Crippen LogP contribution in [0.3, 0.4) is 0 Å². The van der Waals surface area contributed by atoms with E-state index < -0.39 is 20.5 Å². The van der Waals surface area contributed by atoms with Gasteiger partial charge in [-0.15, -0.1) is 0 Å². The van der Waals surface area contributed by atoms with Crippen molar-refractivity contribution in [2.24, 2.45) is 0 Å². The van der Waals surface area contributed by atoms with Gasteiger partial charge in [0.1, 0.15) is 4.90 Å². The maximum atomic E-state index is 12.1. The van der Waals surface area contributed by atoms with Crippen LogP contribution in [0, 0.1) is 0 Å². The first-order valence-electron chi connectivity index (χ1n) is 5.62. The molecule has 1 rings (SSSR count). The van der Waals surface area contributed by atoms with E-state index in [9.17, 15) is 13.2 Å². The number of nitrogens with one attached hydrogen (secondary N) is 1. The molecule has 0 unspecified atom stereocenters. The number of carbonyl (C=O) groups is 1. The summed E-state index contributed by atoms with van der Waals surface area (Å²) < 4.78 is 27.7. The summed E-state index contributed by atoms with van der Waals surface area (Å²) in [5.74, 6) is -0.440. The van der Waals surface area contributed by atoms with Gasteiger partial charge < -0.3 is 10.1 Å². The minimum absolute atomic E-state index is 0.0345. The van der Waals surface area contributed by atoms with E-state index in [0.717, 1.165) is 6.07 Å². The summed E-state index contributed by atoms with van der Waals surface area (Å²) in [4.78, 5) is 11.8. The quantitative estimate of drug-likeness (QED) is 0.836. The van der Waals surface area contributed by atoms with Gasteiger partial charge in [-0.05, 0) is 32.0 Å². The Balaban J connectivity index is 3.07. The number of hydrogen-bond acceptors (Lipinski definition) is 4. The first-order valence-corrected chi connectivity index (χ1v) is 8.31. The van der Waals surface area contributed by atoms with Crippen LogP contribution in [-0.4, -0.2) is 33.6 Å². The second-order valence-electron chi connectivity index (χ2n) is 4.85. The molecule has 0 spiro atoms. The van der Waals surface area contributed by atoms with E-state index in [1.165, 1.54) is 19.2 Å². The molecule has 1 aromatic carbocycles. The van der Waals surface area contributed by atoms with Crippen LogP contribution in [-0.2, 0) is 13.8 Å². The molecule has 0 aliphatic carbocycles. The number of hydrogen-bond donors (Lipinski definition) is 1. The SMILES string of the molecule is COCC(C)(C)NC(=O)c1ccc(Cl)c(S(=O)(=O)Cl)c1. The number of methoxy groups -OCH3 is 1. The largest absolute Gasteiger partial charge is 0.382 e. The second kappa shape index (κ2) is 6.30. The summed E-state index contributed by atoms with van der Waals surface area (Å²) in [5.41, 5.74) is -0.441. The van der Waals surface area contributed by atoms with Gasteiger partial charge in [-0.3, -0.25) is 4.79 Å². The van der Waals surface area contributed by atoms with Gasteiger partial charge in [-0.2, -0.15) is 0 Å². The summed E-state index contributed by atoms with van der Waals surface area (Å²) in [6.07, 6.45) is 0. The minimum atomic E-state index is -4.01. The van der Waals surface area contributed by atoms with Crippen molar-refractivity contribution in [3.05, 3.63) is 28.8 Å². The Morgan fingerprint density at radius 3 is 2.50 bits per heavy atom. The average molecular weight is 340 g/mol. The van der Waals surface area contributed by atoms with Gasteiger partial charge >= 0.3 is 0 Å². The molecule has 20 heavy (non-hydrogen) atoms. The molecule has 0 saturated heterocycles. The van der Waals surface area contributed by atoms with E-state index >= 15 is 0 Å². The van der Waals surface area contributed by atoms with E-state index in [-0.39, 0.29) is 15.5 Å². The van der Waals surface area contributed by atoms with Gasteiger partial charge in [0.2, 0.25) is 0 Å². The van der Waals surface area contributed by atoms with Gasteiger partial charge in [0.05, 0.1) is 17.2 Å². The minimum Gasteiger partial charge on any atom is -0.382 e. The molecule has 0 bridgehead atoms. The Kier molecular flexibility index (Phi) is 5.43. The fourth-order valence-corrected chi connectivity index (χ4v) is 3.10. The van der Waals surface area contributed by atoms with Crippen LogP contribution >= 0.6 is 22.3 Å². The average Bonchev–Trinajstić information content (AvgIpc) is 2.26. The molecule has 0 atom stereocenters. The lowest BCUT2D eigenvalue weighted by Crippen LogP contribution is -2.46. The molecular formula is C12H15Cl2NO4S. The zero-order valence-corrected chi connectivity index (χ0v) is 13.6. The van der Waals surface area contributed by atoms with Crippen LogP contribution in [0.5, 0.6) is 0 Å². The number of ether oxygens (including phenoxy) is 1.